The van der Waals surface area contributed by atoms with E-state index >= 15 is 0 Å². The number of nitrogens with zero attached hydrogens (tertiary/aromatic N) is 4. The molecule has 2 aliphatic heterocycles. The fraction of sp³-hybridized carbons (Fsp3) is 0.545. The largest absolute Gasteiger partial charge is 0.370 e. The van der Waals surface area contributed by atoms with Crippen molar-refractivity contribution in [2.24, 2.45) is 0 Å². The molecule has 0 bridgehead atoms. The van der Waals surface area contributed by atoms with Gasteiger partial charge in [0.25, 0.3) is 0 Å². The van der Waals surface area contributed by atoms with Gasteiger partial charge < -0.3 is 15.0 Å². The number of nitriles is 1. The minimum Gasteiger partial charge on any atom is -0.370 e. The standard InChI is InChI=1S/C22H29N5O/c1-15-11-26(16(2)10-25-15)13-19-14-27(12-17(3)28-19)21-7-6-18(9-23)22-20(21)5-4-8-24-22/h4-8,15-17,19,25H,10-14H2,1-3H3/t15-,16+,17+,19-/m0/s1. The van der Waals surface area contributed by atoms with Crippen LogP contribution in [0.15, 0.2) is 30.5 Å². The highest BCUT2D eigenvalue weighted by Gasteiger charge is 2.31. The van der Waals surface area contributed by atoms with Gasteiger partial charge in [-0.1, -0.05) is 0 Å². The fourth-order valence-electron chi connectivity index (χ4n) is 4.48. The molecular weight excluding hydrogens is 350 g/mol. The van der Waals surface area contributed by atoms with E-state index in [0.29, 0.717) is 17.6 Å². The molecule has 1 aromatic heterocycles. The number of hydrogen-bond donors (Lipinski definition) is 1. The topological polar surface area (TPSA) is 64.4 Å². The number of anilines is 1. The second kappa shape index (κ2) is 8.04. The van der Waals surface area contributed by atoms with Crippen LogP contribution in [0.4, 0.5) is 5.69 Å². The number of benzene rings is 1. The molecule has 148 valence electrons. The first-order chi connectivity index (χ1) is 13.5. The summed E-state index contributed by atoms with van der Waals surface area (Å²) in [5, 5.41) is 14.0. The van der Waals surface area contributed by atoms with Crippen LogP contribution < -0.4 is 10.2 Å². The zero-order valence-corrected chi connectivity index (χ0v) is 16.9. The zero-order valence-electron chi connectivity index (χ0n) is 16.9. The monoisotopic (exact) mass is 379 g/mol. The van der Waals surface area contributed by atoms with Gasteiger partial charge in [-0.2, -0.15) is 5.26 Å². The third kappa shape index (κ3) is 3.83. The summed E-state index contributed by atoms with van der Waals surface area (Å²) in [7, 11) is 0. The van der Waals surface area contributed by atoms with Crippen LogP contribution in [0.2, 0.25) is 0 Å². The van der Waals surface area contributed by atoms with Crippen LogP contribution in [0, 0.1) is 11.3 Å². The summed E-state index contributed by atoms with van der Waals surface area (Å²) in [5.41, 5.74) is 2.55. The van der Waals surface area contributed by atoms with E-state index < -0.39 is 0 Å². The molecule has 2 saturated heterocycles. The number of aromatic nitrogens is 1. The predicted octanol–water partition coefficient (Wildman–Crippen LogP) is 2.38. The highest BCUT2D eigenvalue weighted by molar-refractivity contribution is 5.95. The summed E-state index contributed by atoms with van der Waals surface area (Å²) >= 11 is 0. The van der Waals surface area contributed by atoms with Crippen LogP contribution in [0.1, 0.15) is 26.3 Å². The van der Waals surface area contributed by atoms with Crippen molar-refractivity contribution in [3.63, 3.8) is 0 Å². The molecule has 3 heterocycles. The molecule has 1 N–H and O–H groups in total. The molecule has 0 unspecified atom stereocenters. The lowest BCUT2D eigenvalue weighted by Gasteiger charge is -2.43. The number of hydrogen-bond acceptors (Lipinski definition) is 6. The second-order valence-electron chi connectivity index (χ2n) is 8.23. The van der Waals surface area contributed by atoms with Crippen LogP contribution >= 0.6 is 0 Å². The molecule has 2 fully saturated rings. The minimum atomic E-state index is 0.164. The van der Waals surface area contributed by atoms with E-state index in [9.17, 15) is 5.26 Å². The van der Waals surface area contributed by atoms with E-state index in [-0.39, 0.29) is 12.2 Å². The average Bonchev–Trinajstić information content (AvgIpc) is 2.69. The summed E-state index contributed by atoms with van der Waals surface area (Å²) in [6.07, 6.45) is 2.08. The van der Waals surface area contributed by atoms with E-state index in [1.807, 2.05) is 12.1 Å². The van der Waals surface area contributed by atoms with Gasteiger partial charge >= 0.3 is 0 Å². The highest BCUT2D eigenvalue weighted by Crippen LogP contribution is 2.30. The van der Waals surface area contributed by atoms with E-state index in [2.05, 4.69) is 59.1 Å². The van der Waals surface area contributed by atoms with Gasteiger partial charge in [-0.3, -0.25) is 9.88 Å². The normalized spacial score (nSPS) is 29.0. The number of pyridine rings is 1. The van der Waals surface area contributed by atoms with E-state index in [0.717, 1.165) is 49.3 Å². The van der Waals surface area contributed by atoms with Crippen molar-refractivity contribution in [3.05, 3.63) is 36.0 Å². The Morgan fingerprint density at radius 2 is 2.07 bits per heavy atom. The molecule has 6 heteroatoms. The van der Waals surface area contributed by atoms with Gasteiger partial charge in [-0.15, -0.1) is 0 Å². The van der Waals surface area contributed by atoms with E-state index in [4.69, 9.17) is 4.74 Å². The van der Waals surface area contributed by atoms with Crippen LogP contribution in [-0.4, -0.2) is 66.9 Å². The predicted molar refractivity (Wildman–Crippen MR) is 112 cm³/mol. The molecule has 0 spiro atoms. The number of rotatable bonds is 3. The Bertz CT molecular complexity index is 879. The van der Waals surface area contributed by atoms with Gasteiger partial charge in [0, 0.05) is 62.1 Å². The minimum absolute atomic E-state index is 0.164. The van der Waals surface area contributed by atoms with Gasteiger partial charge in [0.2, 0.25) is 0 Å². The van der Waals surface area contributed by atoms with Gasteiger partial charge in [0.05, 0.1) is 23.3 Å². The van der Waals surface area contributed by atoms with Crippen molar-refractivity contribution >= 4 is 16.6 Å². The molecule has 6 nitrogen and oxygen atoms in total. The molecule has 0 saturated carbocycles. The maximum atomic E-state index is 9.42. The quantitative estimate of drug-likeness (QED) is 0.883. The highest BCUT2D eigenvalue weighted by atomic mass is 16.5. The Morgan fingerprint density at radius 3 is 2.89 bits per heavy atom. The SMILES string of the molecule is C[C@@H]1CN(c2ccc(C#N)c3ncccc23)C[C@H](CN2C[C@H](C)NC[C@H]2C)O1. The van der Waals surface area contributed by atoms with Crippen LogP contribution in [-0.2, 0) is 4.74 Å². The van der Waals surface area contributed by atoms with Gasteiger partial charge in [0.15, 0.2) is 0 Å². The van der Waals surface area contributed by atoms with Crippen LogP contribution in [0.3, 0.4) is 0 Å². The number of fused-ring (bicyclic) bond motifs is 1. The van der Waals surface area contributed by atoms with Crippen molar-refractivity contribution in [2.45, 2.75) is 45.1 Å². The number of nitrogens with one attached hydrogen (secondary N) is 1. The number of piperazine rings is 1. The number of morpholine rings is 1. The summed E-state index contributed by atoms with van der Waals surface area (Å²) in [4.78, 5) is 9.41. The summed E-state index contributed by atoms with van der Waals surface area (Å²) in [6, 6.07) is 11.3. The molecular formula is C22H29N5O. The molecule has 2 aliphatic rings. The van der Waals surface area contributed by atoms with Crippen LogP contribution in [0.5, 0.6) is 0 Å². The first-order valence-corrected chi connectivity index (χ1v) is 10.2. The van der Waals surface area contributed by atoms with E-state index in [1.54, 1.807) is 6.20 Å². The van der Waals surface area contributed by atoms with Crippen molar-refractivity contribution in [1.29, 1.82) is 5.26 Å². The first-order valence-electron chi connectivity index (χ1n) is 10.2. The molecule has 28 heavy (non-hydrogen) atoms. The Hall–Kier alpha value is -2.20. The molecule has 4 atom stereocenters. The van der Waals surface area contributed by atoms with Gasteiger partial charge in [-0.25, -0.2) is 0 Å². The lowest BCUT2D eigenvalue weighted by atomic mass is 10.1. The lowest BCUT2D eigenvalue weighted by molar-refractivity contribution is -0.0415. The van der Waals surface area contributed by atoms with Crippen molar-refractivity contribution in [2.75, 3.05) is 37.6 Å². The molecule has 0 radical (unpaired) electrons. The van der Waals surface area contributed by atoms with Crippen molar-refractivity contribution in [3.8, 4) is 6.07 Å². The Balaban J connectivity index is 1.57. The fourth-order valence-corrected chi connectivity index (χ4v) is 4.48. The molecule has 1 aromatic carbocycles. The Kier molecular flexibility index (Phi) is 5.49. The third-order valence-corrected chi connectivity index (χ3v) is 5.87. The summed E-state index contributed by atoms with van der Waals surface area (Å²) in [5.74, 6) is 0. The smallest absolute Gasteiger partial charge is 0.101 e. The molecule has 2 aromatic rings. The van der Waals surface area contributed by atoms with Gasteiger partial charge in [-0.05, 0) is 45.0 Å². The van der Waals surface area contributed by atoms with Gasteiger partial charge in [0.1, 0.15) is 6.07 Å². The molecule has 0 amide bonds. The van der Waals surface area contributed by atoms with Crippen molar-refractivity contribution < 1.29 is 4.74 Å². The van der Waals surface area contributed by atoms with E-state index in [1.165, 1.54) is 0 Å². The maximum Gasteiger partial charge on any atom is 0.101 e. The lowest BCUT2D eigenvalue weighted by Crippen LogP contribution is -2.58. The molecule has 4 rings (SSSR count). The number of ether oxygens (including phenoxy) is 1. The maximum absolute atomic E-state index is 9.42. The second-order valence-corrected chi connectivity index (χ2v) is 8.23. The first kappa shape index (κ1) is 19.1. The Morgan fingerprint density at radius 1 is 1.21 bits per heavy atom. The summed E-state index contributed by atoms with van der Waals surface area (Å²) < 4.78 is 6.31. The zero-order chi connectivity index (χ0) is 19.7. The third-order valence-electron chi connectivity index (χ3n) is 5.87. The average molecular weight is 380 g/mol. The molecule has 0 aliphatic carbocycles. The summed E-state index contributed by atoms with van der Waals surface area (Å²) in [6.45, 7) is 11.4. The van der Waals surface area contributed by atoms with Crippen molar-refractivity contribution in [1.82, 2.24) is 15.2 Å². The van der Waals surface area contributed by atoms with Crippen LogP contribution in [0.25, 0.3) is 10.9 Å². The Labute approximate surface area is 167 Å².